The van der Waals surface area contributed by atoms with E-state index >= 15 is 0 Å². The lowest BCUT2D eigenvalue weighted by Gasteiger charge is -2.10. The first-order valence-electron chi connectivity index (χ1n) is 13.9. The van der Waals surface area contributed by atoms with E-state index in [2.05, 4.69) is 181 Å². The molecule has 8 aromatic rings. The van der Waals surface area contributed by atoms with Gasteiger partial charge in [0.05, 0.1) is 0 Å². The predicted molar refractivity (Wildman–Crippen MR) is 190 cm³/mol. The van der Waals surface area contributed by atoms with Crippen molar-refractivity contribution in [1.29, 1.82) is 0 Å². The maximum Gasteiger partial charge on any atom is 0.238 e. The van der Waals surface area contributed by atoms with Crippen LogP contribution in [0, 0.1) is 7.14 Å². The maximum absolute atomic E-state index is 5.06. The van der Waals surface area contributed by atoms with E-state index in [1.54, 1.807) is 0 Å². The van der Waals surface area contributed by atoms with Gasteiger partial charge in [-0.3, -0.25) is 0 Å². The molecule has 0 spiro atoms. The second kappa shape index (κ2) is 10.8. The zero-order valence-corrected chi connectivity index (χ0v) is 27.1. The molecule has 43 heavy (non-hydrogen) atoms. The number of rotatable bonds is 4. The summed E-state index contributed by atoms with van der Waals surface area (Å²) in [7, 11) is 0. The van der Waals surface area contributed by atoms with E-state index < -0.39 is 0 Å². The van der Waals surface area contributed by atoms with E-state index in [9.17, 15) is 0 Å². The zero-order chi connectivity index (χ0) is 28.9. The molecule has 0 radical (unpaired) electrons. The summed E-state index contributed by atoms with van der Waals surface area (Å²) >= 11 is 4.73. The molecule has 2 aromatic heterocycles. The van der Waals surface area contributed by atoms with Crippen molar-refractivity contribution in [1.82, 2.24) is 9.97 Å². The molecular weight excluding hydrogens is 756 g/mol. The van der Waals surface area contributed by atoms with E-state index in [0.29, 0.717) is 0 Å². The third kappa shape index (κ3) is 4.86. The third-order valence-electron chi connectivity index (χ3n) is 7.59. The fraction of sp³-hybridized carbons (Fsp3) is 0. The van der Waals surface area contributed by atoms with Gasteiger partial charge in [-0.25, -0.2) is 9.97 Å². The van der Waals surface area contributed by atoms with E-state index in [1.165, 1.54) is 7.14 Å². The highest BCUT2D eigenvalue weighted by Crippen LogP contribution is 2.27. The molecule has 1 N–H and O–H groups in total. The Balaban J connectivity index is 1.25. The van der Waals surface area contributed by atoms with Gasteiger partial charge in [0.1, 0.15) is 22.1 Å². The van der Waals surface area contributed by atoms with Crippen molar-refractivity contribution in [2.75, 3.05) is 5.32 Å². The standard InChI is InChI=1S/C36H23I2N5/c37-23-11-15-29-35(19-23)42(27-7-3-1-4-8-27)33-17-13-25(21-31(33)40-29)39-26-14-18-34-32(22-26)41-30-16-12-24(38)20-36(30)43(34)28-9-5-2-6-10-28/h1-22,39H/q+2. The molecule has 6 aromatic carbocycles. The first kappa shape index (κ1) is 26.4. The van der Waals surface area contributed by atoms with E-state index in [4.69, 9.17) is 9.97 Å². The third-order valence-corrected chi connectivity index (χ3v) is 8.93. The molecular formula is C36H23I2N5+2. The highest BCUT2D eigenvalue weighted by atomic mass is 127. The number of aromatic nitrogens is 4. The fourth-order valence-electron chi connectivity index (χ4n) is 5.70. The van der Waals surface area contributed by atoms with Crippen molar-refractivity contribution < 1.29 is 9.13 Å². The highest BCUT2D eigenvalue weighted by Gasteiger charge is 2.22. The fourth-order valence-corrected chi connectivity index (χ4v) is 6.65. The first-order chi connectivity index (χ1) is 21.1. The number of para-hydroxylation sites is 2. The summed E-state index contributed by atoms with van der Waals surface area (Å²) in [6.07, 6.45) is 0. The number of hydrogen-bond donors (Lipinski definition) is 1. The summed E-state index contributed by atoms with van der Waals surface area (Å²) in [6, 6.07) is 46.5. The second-order valence-corrected chi connectivity index (χ2v) is 12.9. The quantitative estimate of drug-likeness (QED) is 0.111. The van der Waals surface area contributed by atoms with Gasteiger partial charge in [-0.05, 0) is 93.7 Å². The number of nitrogens with one attached hydrogen (secondary N) is 1. The summed E-state index contributed by atoms with van der Waals surface area (Å²) in [6.45, 7) is 0. The average Bonchev–Trinajstić information content (AvgIpc) is 3.03. The van der Waals surface area contributed by atoms with Crippen LogP contribution in [0.5, 0.6) is 0 Å². The van der Waals surface area contributed by atoms with Crippen LogP contribution in [0.1, 0.15) is 0 Å². The van der Waals surface area contributed by atoms with Crippen LogP contribution in [0.15, 0.2) is 133 Å². The van der Waals surface area contributed by atoms with E-state index in [1.807, 2.05) is 12.1 Å². The summed E-state index contributed by atoms with van der Waals surface area (Å²) in [5.41, 5.74) is 12.2. The van der Waals surface area contributed by atoms with Gasteiger partial charge in [0, 0.05) is 67.0 Å². The number of nitrogens with zero attached hydrogens (tertiary/aromatic N) is 4. The Hall–Kier alpha value is -4.22. The van der Waals surface area contributed by atoms with E-state index in [0.717, 1.165) is 66.9 Å². The van der Waals surface area contributed by atoms with Gasteiger partial charge >= 0.3 is 0 Å². The van der Waals surface area contributed by atoms with Crippen LogP contribution in [-0.2, 0) is 0 Å². The molecule has 0 saturated heterocycles. The molecule has 0 aliphatic heterocycles. The molecule has 0 unspecified atom stereocenters. The van der Waals surface area contributed by atoms with Crippen LogP contribution in [0.25, 0.3) is 55.5 Å². The molecule has 0 aliphatic carbocycles. The molecule has 7 heteroatoms. The highest BCUT2D eigenvalue weighted by molar-refractivity contribution is 14.1. The Kier molecular flexibility index (Phi) is 6.64. The van der Waals surface area contributed by atoms with Crippen LogP contribution in [0.2, 0.25) is 0 Å². The molecule has 0 amide bonds. The van der Waals surface area contributed by atoms with Crippen molar-refractivity contribution in [2.45, 2.75) is 0 Å². The SMILES string of the molecule is Ic1ccc2nc3cc(Nc4ccc5c(c4)nc4ccc(I)cc4[n+]5-c4ccccc4)ccc3[n+](-c3ccccc3)c2c1. The van der Waals surface area contributed by atoms with Gasteiger partial charge in [0.2, 0.25) is 33.4 Å². The Labute approximate surface area is 275 Å². The van der Waals surface area contributed by atoms with Crippen molar-refractivity contribution in [3.8, 4) is 11.4 Å². The van der Waals surface area contributed by atoms with Crippen LogP contribution in [0.3, 0.4) is 0 Å². The lowest BCUT2D eigenvalue weighted by molar-refractivity contribution is -0.538. The van der Waals surface area contributed by atoms with Gasteiger partial charge < -0.3 is 5.32 Å². The second-order valence-electron chi connectivity index (χ2n) is 10.4. The molecule has 0 bridgehead atoms. The molecule has 2 heterocycles. The monoisotopic (exact) mass is 779 g/mol. The van der Waals surface area contributed by atoms with Gasteiger partial charge in [0.15, 0.2) is 0 Å². The first-order valence-corrected chi connectivity index (χ1v) is 16.0. The average molecular weight is 779 g/mol. The molecule has 5 nitrogen and oxygen atoms in total. The van der Waals surface area contributed by atoms with Crippen molar-refractivity contribution in [3.05, 3.63) is 141 Å². The molecule has 0 atom stereocenters. The summed E-state index contributed by atoms with van der Waals surface area (Å²) in [5, 5.41) is 3.62. The number of halogens is 2. The van der Waals surface area contributed by atoms with Crippen molar-refractivity contribution in [3.63, 3.8) is 0 Å². The number of anilines is 2. The van der Waals surface area contributed by atoms with Gasteiger partial charge in [-0.1, -0.05) is 36.4 Å². The Morgan fingerprint density at radius 1 is 0.419 bits per heavy atom. The minimum absolute atomic E-state index is 0.920. The molecule has 0 aliphatic rings. The maximum atomic E-state index is 5.06. The lowest BCUT2D eigenvalue weighted by atomic mass is 10.1. The van der Waals surface area contributed by atoms with Crippen molar-refractivity contribution in [2.24, 2.45) is 0 Å². The van der Waals surface area contributed by atoms with Gasteiger partial charge in [-0.15, -0.1) is 9.13 Å². The van der Waals surface area contributed by atoms with Gasteiger partial charge in [0.25, 0.3) is 0 Å². The van der Waals surface area contributed by atoms with Gasteiger partial charge in [-0.2, -0.15) is 0 Å². The number of fused-ring (bicyclic) bond motifs is 4. The van der Waals surface area contributed by atoms with Crippen LogP contribution < -0.4 is 14.5 Å². The Morgan fingerprint density at radius 3 is 1.30 bits per heavy atom. The Bertz CT molecular complexity index is 2180. The van der Waals surface area contributed by atoms with Crippen molar-refractivity contribution >= 4 is 101 Å². The smallest absolute Gasteiger partial charge is 0.238 e. The lowest BCUT2D eigenvalue weighted by Crippen LogP contribution is -2.33. The minimum Gasteiger partial charge on any atom is -0.355 e. The predicted octanol–water partition coefficient (Wildman–Crippen LogP) is 8.60. The number of benzene rings is 6. The molecule has 8 rings (SSSR count). The summed E-state index contributed by atoms with van der Waals surface area (Å²) in [5.74, 6) is 0. The minimum atomic E-state index is 0.920. The van der Waals surface area contributed by atoms with E-state index in [-0.39, 0.29) is 0 Å². The molecule has 204 valence electrons. The van der Waals surface area contributed by atoms with Crippen LogP contribution in [-0.4, -0.2) is 9.97 Å². The largest absolute Gasteiger partial charge is 0.355 e. The number of hydrogen-bond acceptors (Lipinski definition) is 3. The molecule has 0 fully saturated rings. The zero-order valence-electron chi connectivity index (χ0n) is 22.7. The summed E-state index contributed by atoms with van der Waals surface area (Å²) < 4.78 is 6.93. The Morgan fingerprint density at radius 2 is 0.860 bits per heavy atom. The normalized spacial score (nSPS) is 11.5. The molecule has 0 saturated carbocycles. The van der Waals surface area contributed by atoms with Crippen LogP contribution >= 0.6 is 45.2 Å². The van der Waals surface area contributed by atoms with Crippen LogP contribution in [0.4, 0.5) is 11.4 Å². The topological polar surface area (TPSA) is 45.6 Å². The summed E-state index contributed by atoms with van der Waals surface area (Å²) in [4.78, 5) is 10.1.